The normalized spacial score (nSPS) is 10.9. The van der Waals surface area contributed by atoms with Gasteiger partial charge in [0.2, 0.25) is 0 Å². The molecule has 1 aromatic carbocycles. The van der Waals surface area contributed by atoms with Crippen molar-refractivity contribution in [1.29, 1.82) is 0 Å². The fourth-order valence-corrected chi connectivity index (χ4v) is 2.32. The van der Waals surface area contributed by atoms with E-state index >= 15 is 0 Å². The Morgan fingerprint density at radius 2 is 1.94 bits per heavy atom. The minimum Gasteiger partial charge on any atom is -0.481 e. The Kier molecular flexibility index (Phi) is 2.46. The predicted molar refractivity (Wildman–Crippen MR) is 63.7 cm³/mol. The van der Waals surface area contributed by atoms with Crippen molar-refractivity contribution < 1.29 is 9.90 Å². The Bertz CT molecular complexity index is 567. The van der Waals surface area contributed by atoms with Gasteiger partial charge in [-0.05, 0) is 30.5 Å². The number of carbonyl (C=O) groups is 1. The third kappa shape index (κ3) is 1.58. The Hall–Kier alpha value is -1.77. The smallest absolute Gasteiger partial charge is 0.307 e. The van der Waals surface area contributed by atoms with Crippen LogP contribution in [0.25, 0.3) is 10.9 Å². The monoisotopic (exact) mass is 217 g/mol. The van der Waals surface area contributed by atoms with Gasteiger partial charge in [-0.3, -0.25) is 4.79 Å². The van der Waals surface area contributed by atoms with Crippen LogP contribution >= 0.6 is 0 Å². The zero-order valence-electron chi connectivity index (χ0n) is 9.74. The quantitative estimate of drug-likeness (QED) is 0.839. The number of aromatic nitrogens is 1. The minimum absolute atomic E-state index is 0.0850. The number of carboxylic acid groups (broad SMARTS) is 1. The standard InChI is InChI=1S/C13H15NO2/c1-8-4-5-9(2)13-12(8)10(6-11(15)16)7-14(13)3/h4-5,7H,6H2,1-3H3,(H,15,16). The molecule has 0 fully saturated rings. The van der Waals surface area contributed by atoms with Crippen LogP contribution in [0.2, 0.25) is 0 Å². The maximum absolute atomic E-state index is 10.8. The van der Waals surface area contributed by atoms with E-state index in [1.54, 1.807) is 0 Å². The second-order valence-corrected chi connectivity index (χ2v) is 4.26. The number of hydrogen-bond acceptors (Lipinski definition) is 1. The molecule has 1 heterocycles. The second kappa shape index (κ2) is 3.67. The number of aliphatic carboxylic acids is 1. The Balaban J connectivity index is 2.77. The largest absolute Gasteiger partial charge is 0.481 e. The van der Waals surface area contributed by atoms with Crippen LogP contribution in [0.15, 0.2) is 18.3 Å². The van der Waals surface area contributed by atoms with E-state index in [0.29, 0.717) is 0 Å². The molecule has 0 aliphatic rings. The fraction of sp³-hybridized carbons (Fsp3) is 0.308. The first kappa shape index (κ1) is 10.7. The number of carboxylic acids is 1. The number of fused-ring (bicyclic) bond motifs is 1. The molecule has 0 spiro atoms. The summed E-state index contributed by atoms with van der Waals surface area (Å²) in [4.78, 5) is 10.8. The first-order valence-electron chi connectivity index (χ1n) is 5.26. The van der Waals surface area contributed by atoms with Crippen LogP contribution in [-0.2, 0) is 18.3 Å². The lowest BCUT2D eigenvalue weighted by molar-refractivity contribution is -0.136. The maximum atomic E-state index is 10.8. The third-order valence-electron chi connectivity index (χ3n) is 2.95. The lowest BCUT2D eigenvalue weighted by Crippen LogP contribution is -1.99. The van der Waals surface area contributed by atoms with Gasteiger partial charge in [-0.2, -0.15) is 0 Å². The highest BCUT2D eigenvalue weighted by molar-refractivity contribution is 5.92. The molecular weight excluding hydrogens is 202 g/mol. The SMILES string of the molecule is Cc1ccc(C)c2c1c(CC(=O)O)cn2C. The summed E-state index contributed by atoms with van der Waals surface area (Å²) in [5.41, 5.74) is 4.35. The minimum atomic E-state index is -0.784. The summed E-state index contributed by atoms with van der Waals surface area (Å²) in [5, 5.41) is 9.97. The van der Waals surface area contributed by atoms with Gasteiger partial charge in [0.15, 0.2) is 0 Å². The summed E-state index contributed by atoms with van der Waals surface area (Å²) >= 11 is 0. The van der Waals surface area contributed by atoms with Gasteiger partial charge in [0.05, 0.1) is 11.9 Å². The summed E-state index contributed by atoms with van der Waals surface area (Å²) in [5.74, 6) is -0.784. The molecular formula is C13H15NO2. The van der Waals surface area contributed by atoms with E-state index in [2.05, 4.69) is 6.07 Å². The number of rotatable bonds is 2. The molecule has 16 heavy (non-hydrogen) atoms. The number of benzene rings is 1. The predicted octanol–water partition coefficient (Wildman–Crippen LogP) is 2.42. The van der Waals surface area contributed by atoms with Crippen molar-refractivity contribution in [3.63, 3.8) is 0 Å². The third-order valence-corrected chi connectivity index (χ3v) is 2.95. The van der Waals surface area contributed by atoms with E-state index < -0.39 is 5.97 Å². The van der Waals surface area contributed by atoms with Crippen molar-refractivity contribution >= 4 is 16.9 Å². The van der Waals surface area contributed by atoms with Crippen LogP contribution in [0.3, 0.4) is 0 Å². The van der Waals surface area contributed by atoms with Crippen molar-refractivity contribution in [2.75, 3.05) is 0 Å². The van der Waals surface area contributed by atoms with Gasteiger partial charge in [0, 0.05) is 18.6 Å². The molecule has 0 aliphatic carbocycles. The lowest BCUT2D eigenvalue weighted by Gasteiger charge is -2.04. The molecule has 1 N–H and O–H groups in total. The second-order valence-electron chi connectivity index (χ2n) is 4.26. The summed E-state index contributed by atoms with van der Waals surface area (Å²) in [6, 6.07) is 4.12. The molecule has 1 aromatic heterocycles. The molecule has 3 nitrogen and oxygen atoms in total. The zero-order chi connectivity index (χ0) is 11.9. The lowest BCUT2D eigenvalue weighted by atomic mass is 10.0. The highest BCUT2D eigenvalue weighted by Gasteiger charge is 2.13. The highest BCUT2D eigenvalue weighted by atomic mass is 16.4. The molecule has 2 rings (SSSR count). The molecule has 0 amide bonds. The molecule has 0 radical (unpaired) electrons. The first-order valence-corrected chi connectivity index (χ1v) is 5.26. The van der Waals surface area contributed by atoms with E-state index in [1.165, 1.54) is 5.56 Å². The first-order chi connectivity index (χ1) is 7.50. The summed E-state index contributed by atoms with van der Waals surface area (Å²) in [6.07, 6.45) is 2.00. The van der Waals surface area contributed by atoms with Crippen molar-refractivity contribution in [1.82, 2.24) is 4.57 Å². The molecule has 0 saturated carbocycles. The van der Waals surface area contributed by atoms with Crippen molar-refractivity contribution in [2.24, 2.45) is 7.05 Å². The molecule has 0 bridgehead atoms. The number of aryl methyl sites for hydroxylation is 3. The Labute approximate surface area is 94.3 Å². The van der Waals surface area contributed by atoms with Gasteiger partial charge in [0.1, 0.15) is 0 Å². The van der Waals surface area contributed by atoms with Gasteiger partial charge in [-0.25, -0.2) is 0 Å². The summed E-state index contributed by atoms with van der Waals surface area (Å²) in [6.45, 7) is 4.07. The zero-order valence-corrected chi connectivity index (χ0v) is 9.74. The van der Waals surface area contributed by atoms with Gasteiger partial charge in [0.25, 0.3) is 0 Å². The van der Waals surface area contributed by atoms with Gasteiger partial charge in [-0.1, -0.05) is 12.1 Å². The molecule has 0 unspecified atom stereocenters. The average Bonchev–Trinajstić information content (AvgIpc) is 2.49. The highest BCUT2D eigenvalue weighted by Crippen LogP contribution is 2.27. The summed E-state index contributed by atoms with van der Waals surface area (Å²) in [7, 11) is 1.96. The van der Waals surface area contributed by atoms with E-state index in [9.17, 15) is 4.79 Å². The van der Waals surface area contributed by atoms with E-state index in [0.717, 1.165) is 22.0 Å². The van der Waals surface area contributed by atoms with E-state index in [1.807, 2.05) is 37.7 Å². The maximum Gasteiger partial charge on any atom is 0.307 e. The van der Waals surface area contributed by atoms with Gasteiger partial charge >= 0.3 is 5.97 Å². The number of hydrogen-bond donors (Lipinski definition) is 1. The van der Waals surface area contributed by atoms with Crippen molar-refractivity contribution in [2.45, 2.75) is 20.3 Å². The topological polar surface area (TPSA) is 42.2 Å². The molecule has 0 saturated heterocycles. The van der Waals surface area contributed by atoms with Crippen LogP contribution in [0.4, 0.5) is 0 Å². The molecule has 0 atom stereocenters. The summed E-state index contributed by atoms with van der Waals surface area (Å²) < 4.78 is 2.01. The molecule has 2 aromatic rings. The van der Waals surface area contributed by atoms with E-state index in [4.69, 9.17) is 5.11 Å². The van der Waals surface area contributed by atoms with Gasteiger partial charge < -0.3 is 9.67 Å². The van der Waals surface area contributed by atoms with Crippen molar-refractivity contribution in [3.8, 4) is 0 Å². The molecule has 3 heteroatoms. The van der Waals surface area contributed by atoms with Gasteiger partial charge in [-0.15, -0.1) is 0 Å². The fourth-order valence-electron chi connectivity index (χ4n) is 2.32. The Morgan fingerprint density at radius 1 is 1.31 bits per heavy atom. The average molecular weight is 217 g/mol. The van der Waals surface area contributed by atoms with Crippen LogP contribution in [0, 0.1) is 13.8 Å². The van der Waals surface area contributed by atoms with Crippen LogP contribution in [0.5, 0.6) is 0 Å². The van der Waals surface area contributed by atoms with Crippen LogP contribution in [-0.4, -0.2) is 15.6 Å². The van der Waals surface area contributed by atoms with E-state index in [-0.39, 0.29) is 6.42 Å². The van der Waals surface area contributed by atoms with Crippen LogP contribution in [0.1, 0.15) is 16.7 Å². The Morgan fingerprint density at radius 3 is 2.56 bits per heavy atom. The van der Waals surface area contributed by atoms with Crippen LogP contribution < -0.4 is 0 Å². The molecule has 0 aliphatic heterocycles. The number of nitrogens with zero attached hydrogens (tertiary/aromatic N) is 1. The van der Waals surface area contributed by atoms with Crippen molar-refractivity contribution in [3.05, 3.63) is 35.0 Å². The molecule has 84 valence electrons.